The number of thiazole rings is 1. The van der Waals surface area contributed by atoms with E-state index in [1.165, 1.54) is 4.88 Å². The van der Waals surface area contributed by atoms with Gasteiger partial charge in [-0.25, -0.2) is 4.98 Å². The normalized spacial score (nSPS) is 13.1. The largest absolute Gasteiger partial charge is 0.386 e. The lowest BCUT2D eigenvalue weighted by molar-refractivity contribution is 0.303. The number of nitrogens with zero attached hydrogens (tertiary/aromatic N) is 2. The van der Waals surface area contributed by atoms with Crippen LogP contribution in [-0.4, -0.2) is 28.8 Å². The van der Waals surface area contributed by atoms with Crippen LogP contribution in [0, 0.1) is 12.3 Å². The van der Waals surface area contributed by atoms with E-state index < -0.39 is 0 Å². The molecule has 0 saturated carbocycles. The summed E-state index contributed by atoms with van der Waals surface area (Å²) in [4.78, 5) is 7.46. The van der Waals surface area contributed by atoms with Gasteiger partial charge in [0.1, 0.15) is 5.84 Å². The Balaban J connectivity index is 2.61. The van der Waals surface area contributed by atoms with Crippen LogP contribution in [0.15, 0.2) is 5.51 Å². The Kier molecular flexibility index (Phi) is 3.60. The summed E-state index contributed by atoms with van der Waals surface area (Å²) in [7, 11) is 1.96. The molecule has 14 heavy (non-hydrogen) atoms. The number of aromatic nitrogens is 1. The molecule has 0 amide bonds. The fraction of sp³-hybridized carbons (Fsp3) is 0.556. The van der Waals surface area contributed by atoms with Crippen molar-refractivity contribution in [3.63, 3.8) is 0 Å². The van der Waals surface area contributed by atoms with Gasteiger partial charge in [0.15, 0.2) is 0 Å². The highest BCUT2D eigenvalue weighted by molar-refractivity contribution is 7.09. The van der Waals surface area contributed by atoms with Gasteiger partial charge in [0.25, 0.3) is 0 Å². The van der Waals surface area contributed by atoms with E-state index in [2.05, 4.69) is 4.98 Å². The minimum Gasteiger partial charge on any atom is -0.386 e. The molecule has 1 aromatic rings. The van der Waals surface area contributed by atoms with E-state index >= 15 is 0 Å². The van der Waals surface area contributed by atoms with Gasteiger partial charge >= 0.3 is 0 Å². The molecule has 0 aliphatic heterocycles. The fourth-order valence-corrected chi connectivity index (χ4v) is 1.92. The minimum atomic E-state index is -0.0171. The zero-order valence-electron chi connectivity index (χ0n) is 8.74. The Hall–Kier alpha value is -0.940. The smallest absolute Gasteiger partial charge is 0.108 e. The lowest BCUT2D eigenvalue weighted by Gasteiger charge is -2.22. The van der Waals surface area contributed by atoms with Crippen LogP contribution in [0.2, 0.25) is 0 Å². The van der Waals surface area contributed by atoms with Gasteiger partial charge in [-0.05, 0) is 20.9 Å². The van der Waals surface area contributed by atoms with E-state index in [9.17, 15) is 0 Å². The van der Waals surface area contributed by atoms with Crippen molar-refractivity contribution in [2.75, 3.05) is 7.05 Å². The summed E-state index contributed by atoms with van der Waals surface area (Å²) in [6.07, 6.45) is 0. The SMILES string of the molecule is Cc1ncsc1CN(C)C(C)C(=N)N. The first-order valence-corrected chi connectivity index (χ1v) is 5.33. The molecule has 4 nitrogen and oxygen atoms in total. The number of hydrogen-bond donors (Lipinski definition) is 2. The first-order valence-electron chi connectivity index (χ1n) is 4.45. The van der Waals surface area contributed by atoms with Crippen LogP contribution in [-0.2, 0) is 6.54 Å². The maximum atomic E-state index is 7.34. The van der Waals surface area contributed by atoms with Gasteiger partial charge in [-0.2, -0.15) is 0 Å². The van der Waals surface area contributed by atoms with E-state index in [0.29, 0.717) is 0 Å². The molecule has 1 heterocycles. The van der Waals surface area contributed by atoms with Gasteiger partial charge in [0, 0.05) is 11.4 Å². The van der Waals surface area contributed by atoms with Gasteiger partial charge in [-0.3, -0.25) is 10.3 Å². The quantitative estimate of drug-likeness (QED) is 0.582. The molecule has 0 aliphatic carbocycles. The molecular formula is C9H16N4S. The highest BCUT2D eigenvalue weighted by Crippen LogP contribution is 2.15. The monoisotopic (exact) mass is 212 g/mol. The van der Waals surface area contributed by atoms with Gasteiger partial charge in [-0.1, -0.05) is 0 Å². The van der Waals surface area contributed by atoms with Crippen molar-refractivity contribution in [2.45, 2.75) is 26.4 Å². The summed E-state index contributed by atoms with van der Waals surface area (Å²) >= 11 is 1.64. The van der Waals surface area contributed by atoms with Gasteiger partial charge in [0.05, 0.1) is 17.2 Å². The first kappa shape index (κ1) is 11.1. The number of nitrogens with one attached hydrogen (secondary N) is 1. The summed E-state index contributed by atoms with van der Waals surface area (Å²) in [5, 5.41) is 7.34. The lowest BCUT2D eigenvalue weighted by atomic mass is 10.2. The molecule has 0 aromatic carbocycles. The van der Waals surface area contributed by atoms with Crippen LogP contribution >= 0.6 is 11.3 Å². The Morgan fingerprint density at radius 2 is 2.43 bits per heavy atom. The number of likely N-dealkylation sites (N-methyl/N-ethyl adjacent to an activating group) is 1. The topological polar surface area (TPSA) is 66.0 Å². The third kappa shape index (κ3) is 2.52. The third-order valence-corrected chi connectivity index (χ3v) is 3.27. The second-order valence-corrected chi connectivity index (χ2v) is 4.35. The van der Waals surface area contributed by atoms with E-state index in [1.54, 1.807) is 11.3 Å². The highest BCUT2D eigenvalue weighted by atomic mass is 32.1. The Labute approximate surface area is 88.3 Å². The summed E-state index contributed by atoms with van der Waals surface area (Å²) in [5.74, 6) is 0.203. The molecule has 5 heteroatoms. The lowest BCUT2D eigenvalue weighted by Crippen LogP contribution is -2.39. The summed E-state index contributed by atoms with van der Waals surface area (Å²) in [5.41, 5.74) is 8.34. The van der Waals surface area contributed by atoms with Crippen LogP contribution in [0.1, 0.15) is 17.5 Å². The van der Waals surface area contributed by atoms with E-state index in [0.717, 1.165) is 12.2 Å². The van der Waals surface area contributed by atoms with Crippen molar-refractivity contribution in [3.8, 4) is 0 Å². The number of rotatable bonds is 4. The van der Waals surface area contributed by atoms with E-state index in [1.807, 2.05) is 31.3 Å². The van der Waals surface area contributed by atoms with Crippen LogP contribution in [0.3, 0.4) is 0 Å². The molecule has 0 aliphatic rings. The van der Waals surface area contributed by atoms with Gasteiger partial charge in [-0.15, -0.1) is 11.3 Å². The first-order chi connectivity index (χ1) is 6.52. The second kappa shape index (κ2) is 4.52. The fourth-order valence-electron chi connectivity index (χ4n) is 1.08. The number of aryl methyl sites for hydroxylation is 1. The molecule has 1 aromatic heterocycles. The molecule has 0 fully saturated rings. The number of amidine groups is 1. The average molecular weight is 212 g/mol. The van der Waals surface area contributed by atoms with Crippen LogP contribution in [0.4, 0.5) is 0 Å². The predicted octanol–water partition coefficient (Wildman–Crippen LogP) is 1.21. The molecule has 0 radical (unpaired) electrons. The molecule has 1 unspecified atom stereocenters. The van der Waals surface area contributed by atoms with Crippen molar-refractivity contribution in [1.29, 1.82) is 5.41 Å². The highest BCUT2D eigenvalue weighted by Gasteiger charge is 2.13. The zero-order valence-corrected chi connectivity index (χ0v) is 9.56. The molecule has 0 bridgehead atoms. The van der Waals surface area contributed by atoms with Gasteiger partial charge < -0.3 is 5.73 Å². The van der Waals surface area contributed by atoms with Crippen molar-refractivity contribution in [1.82, 2.24) is 9.88 Å². The second-order valence-electron chi connectivity index (χ2n) is 3.41. The summed E-state index contributed by atoms with van der Waals surface area (Å²) < 4.78 is 0. The Morgan fingerprint density at radius 3 is 2.86 bits per heavy atom. The van der Waals surface area contributed by atoms with Crippen molar-refractivity contribution in [3.05, 3.63) is 16.1 Å². The molecule has 0 spiro atoms. The zero-order chi connectivity index (χ0) is 10.7. The molecule has 78 valence electrons. The minimum absolute atomic E-state index is 0.0171. The molecule has 1 atom stereocenters. The van der Waals surface area contributed by atoms with Crippen molar-refractivity contribution in [2.24, 2.45) is 5.73 Å². The average Bonchev–Trinajstić information content (AvgIpc) is 2.50. The maximum absolute atomic E-state index is 7.34. The molecule has 3 N–H and O–H groups in total. The molecule has 0 saturated heterocycles. The van der Waals surface area contributed by atoms with Gasteiger partial charge in [0.2, 0.25) is 0 Å². The Bertz CT molecular complexity index is 320. The number of hydrogen-bond acceptors (Lipinski definition) is 4. The van der Waals surface area contributed by atoms with Crippen molar-refractivity contribution < 1.29 is 0 Å². The molecule has 1 rings (SSSR count). The van der Waals surface area contributed by atoms with Crippen LogP contribution in [0.25, 0.3) is 0 Å². The Morgan fingerprint density at radius 1 is 1.79 bits per heavy atom. The van der Waals surface area contributed by atoms with E-state index in [-0.39, 0.29) is 11.9 Å². The van der Waals surface area contributed by atoms with Crippen LogP contribution < -0.4 is 5.73 Å². The predicted molar refractivity (Wildman–Crippen MR) is 59.7 cm³/mol. The molecular weight excluding hydrogens is 196 g/mol. The summed E-state index contributed by atoms with van der Waals surface area (Å²) in [6, 6.07) is -0.0171. The van der Waals surface area contributed by atoms with E-state index in [4.69, 9.17) is 11.1 Å². The van der Waals surface area contributed by atoms with Crippen molar-refractivity contribution >= 4 is 17.2 Å². The number of nitrogens with two attached hydrogens (primary N) is 1. The standard InChI is InChI=1S/C9H16N4S/c1-6-8(14-5-12-6)4-13(3)7(2)9(10)11/h5,7H,4H2,1-3H3,(H3,10,11). The van der Waals surface area contributed by atoms with Crippen LogP contribution in [0.5, 0.6) is 0 Å². The maximum Gasteiger partial charge on any atom is 0.108 e. The summed E-state index contributed by atoms with van der Waals surface area (Å²) in [6.45, 7) is 4.73. The third-order valence-electron chi connectivity index (χ3n) is 2.35.